The van der Waals surface area contributed by atoms with Crippen molar-refractivity contribution in [1.82, 2.24) is 5.43 Å². The second-order valence-electron chi connectivity index (χ2n) is 7.18. The maximum atomic E-state index is 13.5. The molecule has 3 rings (SSSR count). The van der Waals surface area contributed by atoms with Gasteiger partial charge < -0.3 is 9.47 Å². The molecule has 0 saturated carbocycles. The van der Waals surface area contributed by atoms with Gasteiger partial charge >= 0.3 is 0 Å². The third-order valence-electron chi connectivity index (χ3n) is 4.71. The number of benzene rings is 3. The quantitative estimate of drug-likeness (QED) is 0.298. The van der Waals surface area contributed by atoms with E-state index in [1.165, 1.54) is 30.5 Å². The van der Waals surface area contributed by atoms with E-state index < -0.39 is 22.5 Å². The zero-order valence-electron chi connectivity index (χ0n) is 19.3. The Balaban J connectivity index is 1.81. The summed E-state index contributed by atoms with van der Waals surface area (Å²) < 4.78 is 38.8. The summed E-state index contributed by atoms with van der Waals surface area (Å²) in [5.41, 5.74) is 3.22. The third-order valence-corrected chi connectivity index (χ3v) is 6.73. The van der Waals surface area contributed by atoms with E-state index in [4.69, 9.17) is 26.3 Å². The summed E-state index contributed by atoms with van der Waals surface area (Å²) in [6.07, 6.45) is 1.40. The molecule has 186 valence electrons. The van der Waals surface area contributed by atoms with Gasteiger partial charge in [-0.25, -0.2) is 13.8 Å². The molecule has 0 saturated heterocycles. The van der Waals surface area contributed by atoms with Crippen molar-refractivity contribution in [2.24, 2.45) is 5.10 Å². The second kappa shape index (κ2) is 12.6. The Hall–Kier alpha value is -4.07. The number of sulfonamides is 1. The molecule has 0 fully saturated rings. The monoisotopic (exact) mass is 526 g/mol. The molecule has 0 atom stereocenters. The van der Waals surface area contributed by atoms with E-state index in [9.17, 15) is 13.2 Å². The topological polar surface area (TPSA) is 121 Å². The van der Waals surface area contributed by atoms with Crippen molar-refractivity contribution in [3.05, 3.63) is 83.4 Å². The number of para-hydroxylation sites is 2. The smallest absolute Gasteiger partial charge is 0.264 e. The van der Waals surface area contributed by atoms with E-state index in [1.54, 1.807) is 55.5 Å². The lowest BCUT2D eigenvalue weighted by atomic mass is 10.2. The molecule has 0 radical (unpaired) electrons. The molecule has 0 bridgehead atoms. The van der Waals surface area contributed by atoms with Crippen LogP contribution in [0.4, 0.5) is 5.69 Å². The van der Waals surface area contributed by atoms with Gasteiger partial charge in [0, 0.05) is 5.02 Å². The number of hydrazone groups is 1. The third kappa shape index (κ3) is 6.97. The fraction of sp³-hybridized carbons (Fsp3) is 0.160. The highest BCUT2D eigenvalue weighted by Crippen LogP contribution is 2.32. The maximum Gasteiger partial charge on any atom is 0.264 e. The number of halogens is 1. The average Bonchev–Trinajstić information content (AvgIpc) is 2.88. The number of rotatable bonds is 11. The Kier molecular flexibility index (Phi) is 9.27. The molecule has 3 aromatic rings. The number of nitrogens with zero attached hydrogens (tertiary/aromatic N) is 3. The van der Waals surface area contributed by atoms with Gasteiger partial charge in [0.25, 0.3) is 15.9 Å². The van der Waals surface area contributed by atoms with Crippen molar-refractivity contribution in [3.8, 4) is 17.6 Å². The highest BCUT2D eigenvalue weighted by Gasteiger charge is 2.29. The number of ether oxygens (including phenoxy) is 2. The van der Waals surface area contributed by atoms with Crippen molar-refractivity contribution >= 4 is 39.4 Å². The number of anilines is 1. The van der Waals surface area contributed by atoms with Crippen LogP contribution in [0.15, 0.2) is 82.8 Å². The van der Waals surface area contributed by atoms with Crippen molar-refractivity contribution in [3.63, 3.8) is 0 Å². The number of amides is 1. The molecule has 0 aliphatic heterocycles. The Labute approximate surface area is 214 Å². The van der Waals surface area contributed by atoms with Crippen molar-refractivity contribution in [1.29, 1.82) is 5.26 Å². The number of nitriles is 1. The number of hydrogen-bond acceptors (Lipinski definition) is 7. The van der Waals surface area contributed by atoms with Gasteiger partial charge in [0.2, 0.25) is 0 Å². The number of nitrogens with one attached hydrogen (secondary N) is 1. The van der Waals surface area contributed by atoms with E-state index in [0.29, 0.717) is 28.7 Å². The number of carbonyl (C=O) groups is 1. The van der Waals surface area contributed by atoms with Gasteiger partial charge in [-0.05, 0) is 73.2 Å². The van der Waals surface area contributed by atoms with Gasteiger partial charge in [0.05, 0.1) is 23.4 Å². The summed E-state index contributed by atoms with van der Waals surface area (Å²) in [5.74, 6) is 0.172. The summed E-state index contributed by atoms with van der Waals surface area (Å²) in [4.78, 5) is 12.7. The predicted octanol–water partition coefficient (Wildman–Crippen LogP) is 3.99. The van der Waals surface area contributed by atoms with Crippen LogP contribution in [0.1, 0.15) is 12.5 Å². The fourth-order valence-corrected chi connectivity index (χ4v) is 4.64. The molecule has 3 aromatic carbocycles. The molecule has 0 aliphatic carbocycles. The normalized spacial score (nSPS) is 11.0. The van der Waals surface area contributed by atoms with Gasteiger partial charge in [-0.2, -0.15) is 10.4 Å². The molecule has 9 nitrogen and oxygen atoms in total. The average molecular weight is 527 g/mol. The Bertz CT molecular complexity index is 1350. The minimum atomic E-state index is -4.15. The summed E-state index contributed by atoms with van der Waals surface area (Å²) in [6.45, 7) is 1.47. The second-order valence-corrected chi connectivity index (χ2v) is 9.47. The van der Waals surface area contributed by atoms with Gasteiger partial charge in [-0.15, -0.1) is 0 Å². The lowest BCUT2D eigenvalue weighted by Crippen LogP contribution is -2.39. The summed E-state index contributed by atoms with van der Waals surface area (Å²) in [7, 11) is -4.15. The van der Waals surface area contributed by atoms with E-state index in [0.717, 1.165) is 4.31 Å². The molecular weight excluding hydrogens is 504 g/mol. The van der Waals surface area contributed by atoms with Crippen LogP contribution < -0.4 is 19.2 Å². The molecule has 1 amide bonds. The van der Waals surface area contributed by atoms with Gasteiger partial charge in [0.1, 0.15) is 24.1 Å². The van der Waals surface area contributed by atoms with Crippen LogP contribution >= 0.6 is 11.6 Å². The SMILES string of the molecule is CCOc1ccccc1N(CC(=O)N/N=C\c1ccc(OCC#N)cc1)S(=O)(=O)c1ccc(Cl)cc1. The molecule has 11 heteroatoms. The minimum Gasteiger partial charge on any atom is -0.492 e. The largest absolute Gasteiger partial charge is 0.492 e. The van der Waals surface area contributed by atoms with E-state index in [1.807, 2.05) is 6.07 Å². The van der Waals surface area contributed by atoms with Crippen LogP contribution in [0.5, 0.6) is 11.5 Å². The molecule has 0 heterocycles. The molecule has 0 unspecified atom stereocenters. The first kappa shape index (κ1) is 26.5. The van der Waals surface area contributed by atoms with Gasteiger partial charge in [0.15, 0.2) is 6.61 Å². The van der Waals surface area contributed by atoms with Crippen LogP contribution in [0.25, 0.3) is 0 Å². The zero-order chi connectivity index (χ0) is 26.0. The Morgan fingerprint density at radius 2 is 1.78 bits per heavy atom. The van der Waals surface area contributed by atoms with Crippen molar-refractivity contribution in [2.75, 3.05) is 24.1 Å². The van der Waals surface area contributed by atoms with Gasteiger partial charge in [-0.1, -0.05) is 23.7 Å². The van der Waals surface area contributed by atoms with Crippen LogP contribution in [-0.4, -0.2) is 40.3 Å². The van der Waals surface area contributed by atoms with Crippen molar-refractivity contribution in [2.45, 2.75) is 11.8 Å². The van der Waals surface area contributed by atoms with Crippen molar-refractivity contribution < 1.29 is 22.7 Å². The first-order valence-electron chi connectivity index (χ1n) is 10.8. The molecule has 0 spiro atoms. The Morgan fingerprint density at radius 3 is 2.44 bits per heavy atom. The number of hydrogen-bond donors (Lipinski definition) is 1. The molecule has 1 N–H and O–H groups in total. The zero-order valence-corrected chi connectivity index (χ0v) is 20.9. The molecule has 0 aliphatic rings. The highest BCUT2D eigenvalue weighted by molar-refractivity contribution is 7.92. The first-order chi connectivity index (χ1) is 17.3. The summed E-state index contributed by atoms with van der Waals surface area (Å²) in [5, 5.41) is 12.9. The highest BCUT2D eigenvalue weighted by atomic mass is 35.5. The first-order valence-corrected chi connectivity index (χ1v) is 12.6. The number of carbonyl (C=O) groups excluding carboxylic acids is 1. The standard InChI is InChI=1S/C25H23ClN4O5S/c1-2-34-24-6-4-3-5-23(24)30(36(32,33)22-13-9-20(26)10-14-22)18-25(31)29-28-17-19-7-11-21(12-8-19)35-16-15-27/h3-14,17H,2,16,18H2,1H3,(H,29,31)/b28-17-. The predicted molar refractivity (Wildman–Crippen MR) is 137 cm³/mol. The van der Waals surface area contributed by atoms with Crippen LogP contribution in [-0.2, 0) is 14.8 Å². The molecular formula is C25H23ClN4O5S. The van der Waals surface area contributed by atoms with Crippen LogP contribution in [0.2, 0.25) is 5.02 Å². The van der Waals surface area contributed by atoms with E-state index in [2.05, 4.69) is 10.5 Å². The lowest BCUT2D eigenvalue weighted by molar-refractivity contribution is -0.119. The Morgan fingerprint density at radius 1 is 1.08 bits per heavy atom. The summed E-state index contributed by atoms with van der Waals surface area (Å²) in [6, 6.07) is 20.8. The minimum absolute atomic E-state index is 0.0341. The van der Waals surface area contributed by atoms with Gasteiger partial charge in [-0.3, -0.25) is 9.10 Å². The van der Waals surface area contributed by atoms with Crippen LogP contribution in [0.3, 0.4) is 0 Å². The van der Waals surface area contributed by atoms with Crippen LogP contribution in [0, 0.1) is 11.3 Å². The fourth-order valence-electron chi connectivity index (χ4n) is 3.08. The molecule has 36 heavy (non-hydrogen) atoms. The molecule has 0 aromatic heterocycles. The van der Waals surface area contributed by atoms with E-state index >= 15 is 0 Å². The summed E-state index contributed by atoms with van der Waals surface area (Å²) >= 11 is 5.92. The lowest BCUT2D eigenvalue weighted by Gasteiger charge is -2.25. The van der Waals surface area contributed by atoms with E-state index in [-0.39, 0.29) is 17.2 Å². The maximum absolute atomic E-state index is 13.5.